The summed E-state index contributed by atoms with van der Waals surface area (Å²) in [6.07, 6.45) is 1.82. The van der Waals surface area contributed by atoms with Gasteiger partial charge in [-0.25, -0.2) is 0 Å². The van der Waals surface area contributed by atoms with Gasteiger partial charge in [0.15, 0.2) is 0 Å². The van der Waals surface area contributed by atoms with E-state index in [0.717, 1.165) is 51.2 Å². The van der Waals surface area contributed by atoms with Gasteiger partial charge >= 0.3 is 230 Å². The summed E-state index contributed by atoms with van der Waals surface area (Å²) in [6.45, 7) is 0.708. The molecule has 2 aromatic heterocycles. The Morgan fingerprint density at radius 3 is 2.24 bits per heavy atom. The van der Waals surface area contributed by atoms with Crippen LogP contribution < -0.4 is 28.4 Å². The molecule has 0 saturated heterocycles. The van der Waals surface area contributed by atoms with Crippen LogP contribution in [0.4, 0.5) is 40.3 Å². The molecule has 8 heteroatoms. The molecule has 0 bridgehead atoms. The Morgan fingerprint density at radius 1 is 0.622 bits per heavy atom. The largest absolute Gasteiger partial charge is 0.0602 e. The summed E-state index contributed by atoms with van der Waals surface area (Å²) in [7, 11) is 0. The Kier molecular flexibility index (Phi) is 6.08. The van der Waals surface area contributed by atoms with Gasteiger partial charge in [-0.05, 0) is 12.1 Å². The molecular formula is C37H25N5O2Se. The first-order valence-electron chi connectivity index (χ1n) is 14.7. The second-order valence-electron chi connectivity index (χ2n) is 10.8. The minimum atomic E-state index is 0.0770. The topological polar surface area (TPSA) is 57.9 Å². The molecule has 0 spiro atoms. The van der Waals surface area contributed by atoms with E-state index in [1.54, 1.807) is 0 Å². The molecule has 9 rings (SSSR count). The van der Waals surface area contributed by atoms with Gasteiger partial charge in [-0.1, -0.05) is 24.3 Å². The van der Waals surface area contributed by atoms with Crippen molar-refractivity contribution in [2.45, 2.75) is 0 Å². The molecule has 0 saturated carbocycles. The van der Waals surface area contributed by atoms with Crippen molar-refractivity contribution in [1.82, 2.24) is 9.97 Å². The summed E-state index contributed by atoms with van der Waals surface area (Å²) in [6, 6.07) is 46.0. The van der Waals surface area contributed by atoms with Gasteiger partial charge in [0, 0.05) is 0 Å². The molecule has 5 aromatic carbocycles. The fourth-order valence-electron chi connectivity index (χ4n) is 5.95. The number of hydrogen-bond donors (Lipinski definition) is 0. The molecule has 0 fully saturated rings. The number of hydrogen-bond acceptors (Lipinski definition) is 7. The zero-order valence-corrected chi connectivity index (χ0v) is 25.7. The van der Waals surface area contributed by atoms with Crippen LogP contribution in [-0.2, 0) is 0 Å². The van der Waals surface area contributed by atoms with E-state index >= 15 is 0 Å². The first-order chi connectivity index (χ1) is 22.3. The number of nitrogens with zero attached hydrogens (tertiary/aromatic N) is 5. The number of ether oxygens (including phenoxy) is 1. The molecule has 0 amide bonds. The fourth-order valence-corrected chi connectivity index (χ4v) is 8.07. The molecule has 4 heterocycles. The summed E-state index contributed by atoms with van der Waals surface area (Å²) < 4.78 is 15.2. The van der Waals surface area contributed by atoms with Gasteiger partial charge in [-0.15, -0.1) is 0 Å². The Bertz CT molecular complexity index is 2170. The van der Waals surface area contributed by atoms with Crippen molar-refractivity contribution in [3.05, 3.63) is 140 Å². The maximum Gasteiger partial charge on any atom is -0.0383 e. The third-order valence-corrected chi connectivity index (χ3v) is 10.3. The van der Waals surface area contributed by atoms with E-state index in [2.05, 4.69) is 88.7 Å². The SMILES string of the molecule is c1ccc(N2CN(c3cccc(Oc4ccc5c(c4)N(c4nc6ccccc6o4)c4ncccc4[Se]5)c3)c3ccccc32)cc1. The average molecular weight is 651 g/mol. The van der Waals surface area contributed by atoms with Crippen molar-refractivity contribution < 1.29 is 9.15 Å². The van der Waals surface area contributed by atoms with Gasteiger partial charge in [-0.3, -0.25) is 0 Å². The minimum absolute atomic E-state index is 0.0770. The molecule has 7 aromatic rings. The molecular weight excluding hydrogens is 625 g/mol. The summed E-state index contributed by atoms with van der Waals surface area (Å²) in [5.41, 5.74) is 7.08. The number of rotatable bonds is 5. The van der Waals surface area contributed by atoms with E-state index in [4.69, 9.17) is 19.1 Å². The number of pyridine rings is 1. The van der Waals surface area contributed by atoms with Crippen LogP contribution in [0.15, 0.2) is 144 Å². The molecule has 45 heavy (non-hydrogen) atoms. The van der Waals surface area contributed by atoms with Gasteiger partial charge in [0.2, 0.25) is 0 Å². The van der Waals surface area contributed by atoms with Gasteiger partial charge in [0.25, 0.3) is 0 Å². The number of aromatic nitrogens is 2. The molecule has 2 aliphatic heterocycles. The van der Waals surface area contributed by atoms with Crippen molar-refractivity contribution in [1.29, 1.82) is 0 Å². The molecule has 0 N–H and O–H groups in total. The zero-order chi connectivity index (χ0) is 29.7. The third-order valence-electron chi connectivity index (χ3n) is 8.01. The molecule has 0 radical (unpaired) electrons. The van der Waals surface area contributed by atoms with Crippen LogP contribution in [0.2, 0.25) is 0 Å². The van der Waals surface area contributed by atoms with Gasteiger partial charge in [0.1, 0.15) is 0 Å². The number of fused-ring (bicyclic) bond motifs is 4. The van der Waals surface area contributed by atoms with Crippen LogP contribution in [0.3, 0.4) is 0 Å². The maximum atomic E-state index is 6.54. The Hall–Kier alpha value is -5.56. The van der Waals surface area contributed by atoms with Crippen molar-refractivity contribution in [3.8, 4) is 11.5 Å². The maximum absolute atomic E-state index is 6.54. The number of oxazole rings is 1. The summed E-state index contributed by atoms with van der Waals surface area (Å²) in [5, 5.41) is 0. The summed E-state index contributed by atoms with van der Waals surface area (Å²) in [4.78, 5) is 16.2. The predicted octanol–water partition coefficient (Wildman–Crippen LogP) is 7.70. The first kappa shape index (κ1) is 25.9. The zero-order valence-electron chi connectivity index (χ0n) is 23.9. The van der Waals surface area contributed by atoms with Gasteiger partial charge in [-0.2, -0.15) is 0 Å². The standard InChI is InChI=1S/C37H25N5O2Se/c1-2-10-25(11-3-1)40-24-41(31-16-6-5-15-30(31)40)26-12-8-13-27(22-26)43-28-19-20-34-32(23-28)42(36-35(45-34)18-9-21-38-36)37-39-29-14-4-7-17-33(29)44-37/h1-23H,24H2. The third kappa shape index (κ3) is 4.51. The molecule has 0 aliphatic carbocycles. The monoisotopic (exact) mass is 651 g/mol. The van der Waals surface area contributed by atoms with Crippen LogP contribution >= 0.6 is 0 Å². The van der Waals surface area contributed by atoms with E-state index < -0.39 is 0 Å². The van der Waals surface area contributed by atoms with E-state index in [0.29, 0.717) is 12.7 Å². The van der Waals surface area contributed by atoms with Gasteiger partial charge < -0.3 is 0 Å². The van der Waals surface area contributed by atoms with E-state index in [1.165, 1.54) is 14.6 Å². The second-order valence-corrected chi connectivity index (χ2v) is 13.1. The normalized spacial score (nSPS) is 13.5. The Balaban J connectivity index is 1.06. The van der Waals surface area contributed by atoms with Crippen LogP contribution in [0.1, 0.15) is 0 Å². The number of para-hydroxylation sites is 5. The quantitative estimate of drug-likeness (QED) is 0.177. The van der Waals surface area contributed by atoms with Crippen LogP contribution in [-0.4, -0.2) is 31.6 Å². The number of anilines is 7. The predicted molar refractivity (Wildman–Crippen MR) is 180 cm³/mol. The van der Waals surface area contributed by atoms with Crippen molar-refractivity contribution >= 4 is 75.2 Å². The average Bonchev–Trinajstić information content (AvgIpc) is 3.70. The summed E-state index contributed by atoms with van der Waals surface area (Å²) in [5.74, 6) is 2.33. The Labute approximate surface area is 266 Å². The minimum Gasteiger partial charge on any atom is -0.0602 e. The van der Waals surface area contributed by atoms with Crippen LogP contribution in [0, 0.1) is 0 Å². The molecule has 216 valence electrons. The number of benzene rings is 5. The molecule has 0 unspecified atom stereocenters. The molecule has 7 nitrogen and oxygen atoms in total. The smallest absolute Gasteiger partial charge is 0.0383 e. The van der Waals surface area contributed by atoms with Crippen LogP contribution in [0.25, 0.3) is 11.1 Å². The fraction of sp³-hybridized carbons (Fsp3) is 0.0270. The second kappa shape index (κ2) is 10.6. The van der Waals surface area contributed by atoms with Gasteiger partial charge in [0.05, 0.1) is 0 Å². The van der Waals surface area contributed by atoms with E-state index in [-0.39, 0.29) is 15.0 Å². The van der Waals surface area contributed by atoms with E-state index in [9.17, 15) is 0 Å². The summed E-state index contributed by atoms with van der Waals surface area (Å²) >= 11 is 0.0770. The van der Waals surface area contributed by atoms with E-state index in [1.807, 2.05) is 65.7 Å². The van der Waals surface area contributed by atoms with Crippen molar-refractivity contribution in [2.75, 3.05) is 21.4 Å². The first-order valence-corrected chi connectivity index (χ1v) is 16.4. The molecule has 0 atom stereocenters. The van der Waals surface area contributed by atoms with Crippen LogP contribution in [0.5, 0.6) is 11.5 Å². The van der Waals surface area contributed by atoms with Crippen molar-refractivity contribution in [3.63, 3.8) is 0 Å². The Morgan fingerprint density at radius 2 is 1.38 bits per heavy atom. The molecule has 2 aliphatic rings. The van der Waals surface area contributed by atoms with Crippen molar-refractivity contribution in [2.24, 2.45) is 0 Å².